The number of benzene rings is 2. The van der Waals surface area contributed by atoms with Crippen molar-refractivity contribution in [3.05, 3.63) is 76.8 Å². The zero-order valence-corrected chi connectivity index (χ0v) is 15.7. The monoisotopic (exact) mass is 487 g/mol. The minimum Gasteiger partial charge on any atom is -0.473 e. The highest BCUT2D eigenvalue weighted by molar-refractivity contribution is 9.11. The lowest BCUT2D eigenvalue weighted by Gasteiger charge is -2.24. The summed E-state index contributed by atoms with van der Waals surface area (Å²) in [5.74, 6) is 0.599. The maximum absolute atomic E-state index is 11.4. The molecule has 0 fully saturated rings. The van der Waals surface area contributed by atoms with Crippen molar-refractivity contribution < 1.29 is 9.66 Å². The molecule has 0 saturated heterocycles. The van der Waals surface area contributed by atoms with Crippen molar-refractivity contribution in [2.24, 2.45) is 0 Å². The third-order valence-corrected chi connectivity index (χ3v) is 4.80. The third kappa shape index (κ3) is 2.98. The van der Waals surface area contributed by atoms with E-state index in [1.54, 1.807) is 12.1 Å². The van der Waals surface area contributed by atoms with Crippen molar-refractivity contribution in [1.29, 1.82) is 0 Å². The van der Waals surface area contributed by atoms with Gasteiger partial charge in [-0.1, -0.05) is 44.0 Å². The molecule has 0 saturated carbocycles. The molecule has 0 aliphatic carbocycles. The van der Waals surface area contributed by atoms with Gasteiger partial charge in [0.25, 0.3) is 5.70 Å². The van der Waals surface area contributed by atoms with Crippen molar-refractivity contribution in [2.75, 3.05) is 0 Å². The summed E-state index contributed by atoms with van der Waals surface area (Å²) in [5.41, 5.74) is 1.41. The molecule has 2 aromatic carbocycles. The van der Waals surface area contributed by atoms with Gasteiger partial charge in [-0.25, -0.2) is 0 Å². The Morgan fingerprint density at radius 3 is 2.36 bits per heavy atom. The van der Waals surface area contributed by atoms with E-state index >= 15 is 0 Å². The molecule has 7 heteroatoms. The Bertz CT molecular complexity index is 787. The van der Waals surface area contributed by atoms with Gasteiger partial charge in [0.1, 0.15) is 5.75 Å². The van der Waals surface area contributed by atoms with Crippen LogP contribution in [0.25, 0.3) is 6.08 Å². The summed E-state index contributed by atoms with van der Waals surface area (Å²) in [4.78, 5) is 11.0. The first-order valence-corrected chi connectivity index (χ1v) is 8.61. The Kier molecular flexibility index (Phi) is 4.38. The van der Waals surface area contributed by atoms with Crippen molar-refractivity contribution in [3.8, 4) is 5.75 Å². The lowest BCUT2D eigenvalue weighted by molar-refractivity contribution is -0.434. The van der Waals surface area contributed by atoms with E-state index in [4.69, 9.17) is 4.74 Å². The van der Waals surface area contributed by atoms with Gasteiger partial charge in [-0.05, 0) is 40.2 Å². The predicted molar refractivity (Wildman–Crippen MR) is 94.3 cm³/mol. The number of nitrogens with zero attached hydrogens (tertiary/aromatic N) is 1. The van der Waals surface area contributed by atoms with Crippen LogP contribution in [0.1, 0.15) is 17.2 Å². The molecule has 0 spiro atoms. The summed E-state index contributed by atoms with van der Waals surface area (Å²) in [6.45, 7) is 0. The van der Waals surface area contributed by atoms with Gasteiger partial charge in [-0.3, -0.25) is 10.1 Å². The molecule has 112 valence electrons. The molecule has 3 rings (SSSR count). The number of halogens is 3. The highest BCUT2D eigenvalue weighted by Crippen LogP contribution is 2.43. The number of hydrogen-bond acceptors (Lipinski definition) is 3. The van der Waals surface area contributed by atoms with E-state index in [9.17, 15) is 10.1 Å². The first-order valence-electron chi connectivity index (χ1n) is 6.23. The minimum atomic E-state index is -0.743. The molecule has 1 aliphatic rings. The van der Waals surface area contributed by atoms with Crippen molar-refractivity contribution in [3.63, 3.8) is 0 Å². The summed E-state index contributed by atoms with van der Waals surface area (Å²) in [6, 6.07) is 10.9. The van der Waals surface area contributed by atoms with Gasteiger partial charge in [0.15, 0.2) is 0 Å². The summed E-state index contributed by atoms with van der Waals surface area (Å²) >= 11 is 10.2. The molecule has 0 amide bonds. The fraction of sp³-hybridized carbons (Fsp3) is 0.0667. The van der Waals surface area contributed by atoms with E-state index in [-0.39, 0.29) is 5.70 Å². The number of hydrogen-bond donors (Lipinski definition) is 0. The van der Waals surface area contributed by atoms with E-state index in [0.29, 0.717) is 11.3 Å². The van der Waals surface area contributed by atoms with Gasteiger partial charge in [0.05, 0.1) is 9.40 Å². The molecule has 2 aromatic rings. The molecule has 0 bridgehead atoms. The quantitative estimate of drug-likeness (QED) is 0.400. The predicted octanol–water partition coefficient (Wildman–Crippen LogP) is 5.73. The largest absolute Gasteiger partial charge is 0.473 e. The van der Waals surface area contributed by atoms with Gasteiger partial charge >= 0.3 is 0 Å². The zero-order chi connectivity index (χ0) is 15.9. The molecule has 1 heterocycles. The lowest BCUT2D eigenvalue weighted by atomic mass is 10.0. The fourth-order valence-corrected chi connectivity index (χ4v) is 3.87. The molecule has 1 atom stereocenters. The second-order valence-corrected chi connectivity index (χ2v) is 7.37. The molecule has 0 radical (unpaired) electrons. The van der Waals surface area contributed by atoms with Crippen LogP contribution in [0, 0.1) is 10.1 Å². The first kappa shape index (κ1) is 15.7. The Morgan fingerprint density at radius 1 is 1.05 bits per heavy atom. The highest BCUT2D eigenvalue weighted by Gasteiger charge is 2.34. The lowest BCUT2D eigenvalue weighted by Crippen LogP contribution is -2.20. The molecule has 22 heavy (non-hydrogen) atoms. The maximum atomic E-state index is 11.4. The normalized spacial score (nSPS) is 16.5. The Balaban J connectivity index is 2.13. The summed E-state index contributed by atoms with van der Waals surface area (Å²) in [5, 5.41) is 11.4. The van der Waals surface area contributed by atoms with E-state index in [1.165, 1.54) is 0 Å². The number of ether oxygens (including phenoxy) is 1. The topological polar surface area (TPSA) is 52.4 Å². The standard InChI is InChI=1S/C15H8Br3NO3/c16-10-3-1-8(2-4-10)15-13(19(20)21)6-9-5-11(17)7-12(18)14(9)22-15/h1-7,15H/t15-/m0/s1. The van der Waals surface area contributed by atoms with E-state index < -0.39 is 11.0 Å². The van der Waals surface area contributed by atoms with Crippen molar-refractivity contribution in [2.45, 2.75) is 6.10 Å². The van der Waals surface area contributed by atoms with Crippen LogP contribution < -0.4 is 4.74 Å². The van der Waals surface area contributed by atoms with E-state index in [0.717, 1.165) is 19.0 Å². The Hall–Kier alpha value is -1.18. The smallest absolute Gasteiger partial charge is 0.291 e. The number of nitro groups is 1. The second-order valence-electron chi connectivity index (χ2n) is 4.68. The zero-order valence-electron chi connectivity index (χ0n) is 10.9. The summed E-state index contributed by atoms with van der Waals surface area (Å²) in [6.07, 6.45) is 0.814. The van der Waals surface area contributed by atoms with Crippen LogP contribution in [-0.2, 0) is 0 Å². The Morgan fingerprint density at radius 2 is 1.73 bits per heavy atom. The van der Waals surface area contributed by atoms with Gasteiger partial charge in [-0.15, -0.1) is 0 Å². The third-order valence-electron chi connectivity index (χ3n) is 3.23. The van der Waals surface area contributed by atoms with Gasteiger partial charge < -0.3 is 4.74 Å². The highest BCUT2D eigenvalue weighted by atomic mass is 79.9. The van der Waals surface area contributed by atoms with Crippen LogP contribution in [0.15, 0.2) is 55.5 Å². The van der Waals surface area contributed by atoms with Crippen LogP contribution in [0.2, 0.25) is 0 Å². The number of fused-ring (bicyclic) bond motifs is 1. The molecule has 0 aromatic heterocycles. The van der Waals surface area contributed by atoms with E-state index in [1.807, 2.05) is 30.3 Å². The van der Waals surface area contributed by atoms with Crippen LogP contribution in [0.3, 0.4) is 0 Å². The summed E-state index contributed by atoms with van der Waals surface area (Å²) in [7, 11) is 0. The SMILES string of the molecule is O=[N+]([O-])C1=Cc2cc(Br)cc(Br)c2O[C@H]1c1ccc(Br)cc1. The average molecular weight is 490 g/mol. The van der Waals surface area contributed by atoms with Crippen LogP contribution in [-0.4, -0.2) is 4.92 Å². The minimum absolute atomic E-state index is 0.0137. The average Bonchev–Trinajstić information content (AvgIpc) is 2.47. The molecule has 1 aliphatic heterocycles. The fourth-order valence-electron chi connectivity index (χ4n) is 2.25. The first-order chi connectivity index (χ1) is 10.5. The Labute approximate surface area is 151 Å². The van der Waals surface area contributed by atoms with Crippen molar-refractivity contribution in [1.82, 2.24) is 0 Å². The second kappa shape index (κ2) is 6.14. The van der Waals surface area contributed by atoms with E-state index in [2.05, 4.69) is 47.8 Å². The van der Waals surface area contributed by atoms with Crippen LogP contribution >= 0.6 is 47.8 Å². The number of rotatable bonds is 2. The molecule has 0 N–H and O–H groups in total. The van der Waals surface area contributed by atoms with Gasteiger partial charge in [0, 0.05) is 26.1 Å². The van der Waals surface area contributed by atoms with Gasteiger partial charge in [-0.2, -0.15) is 0 Å². The van der Waals surface area contributed by atoms with Crippen LogP contribution in [0.5, 0.6) is 5.75 Å². The molecular weight excluding hydrogens is 482 g/mol. The molecule has 0 unspecified atom stereocenters. The van der Waals surface area contributed by atoms with Crippen molar-refractivity contribution >= 4 is 53.9 Å². The maximum Gasteiger partial charge on any atom is 0.291 e. The summed E-state index contributed by atoms with van der Waals surface area (Å²) < 4.78 is 8.40. The molecular formula is C15H8Br3NO3. The molecule has 4 nitrogen and oxygen atoms in total. The van der Waals surface area contributed by atoms with Crippen LogP contribution in [0.4, 0.5) is 0 Å². The van der Waals surface area contributed by atoms with Gasteiger partial charge in [0.2, 0.25) is 6.10 Å².